The summed E-state index contributed by atoms with van der Waals surface area (Å²) >= 11 is 1.68. The first-order valence-electron chi connectivity index (χ1n) is 8.23. The van der Waals surface area contributed by atoms with E-state index in [0.717, 1.165) is 43.0 Å². The first kappa shape index (κ1) is 16.8. The van der Waals surface area contributed by atoms with Crippen LogP contribution in [0.5, 0.6) is 0 Å². The monoisotopic (exact) mass is 349 g/mol. The summed E-state index contributed by atoms with van der Waals surface area (Å²) in [6.07, 6.45) is 5.52. The molecule has 3 nitrogen and oxygen atoms in total. The quantitative estimate of drug-likeness (QED) is 0.764. The van der Waals surface area contributed by atoms with Crippen LogP contribution < -0.4 is 0 Å². The van der Waals surface area contributed by atoms with Gasteiger partial charge in [0.2, 0.25) is 0 Å². The van der Waals surface area contributed by atoms with Gasteiger partial charge < -0.3 is 4.74 Å². The molecule has 0 amide bonds. The molecule has 1 aliphatic heterocycles. The fraction of sp³-hybridized carbons (Fsp3) is 0.500. The molecule has 1 saturated heterocycles. The van der Waals surface area contributed by atoms with E-state index in [0.29, 0.717) is 11.5 Å². The molecule has 0 aliphatic carbocycles. The molecule has 1 fully saturated rings. The molecule has 3 rings (SSSR count). The third kappa shape index (κ3) is 5.52. The molecule has 2 heterocycles. The fourth-order valence-electron chi connectivity index (χ4n) is 2.80. The van der Waals surface area contributed by atoms with E-state index < -0.39 is 10.8 Å². The molecule has 0 spiro atoms. The van der Waals surface area contributed by atoms with Gasteiger partial charge in [0.15, 0.2) is 0 Å². The summed E-state index contributed by atoms with van der Waals surface area (Å²) in [6.45, 7) is 0.822. The van der Waals surface area contributed by atoms with Crippen molar-refractivity contribution >= 4 is 22.1 Å². The van der Waals surface area contributed by atoms with Crippen molar-refractivity contribution in [1.29, 1.82) is 0 Å². The normalized spacial score (nSPS) is 19.6. The van der Waals surface area contributed by atoms with Crippen LogP contribution in [-0.4, -0.2) is 27.7 Å². The number of thiazole rings is 1. The highest BCUT2D eigenvalue weighted by Crippen LogP contribution is 2.17. The van der Waals surface area contributed by atoms with Crippen LogP contribution in [0.15, 0.2) is 35.7 Å². The number of benzene rings is 1. The molecule has 124 valence electrons. The van der Waals surface area contributed by atoms with Gasteiger partial charge >= 0.3 is 0 Å². The number of hydrogen-bond acceptors (Lipinski definition) is 4. The fourth-order valence-corrected chi connectivity index (χ4v) is 4.97. The molecule has 23 heavy (non-hydrogen) atoms. The Kier molecular flexibility index (Phi) is 6.37. The molecular formula is C18H23NO2S2. The summed E-state index contributed by atoms with van der Waals surface area (Å²) in [5.41, 5.74) is 2.30. The molecule has 1 aromatic carbocycles. The lowest BCUT2D eigenvalue weighted by Gasteiger charge is -2.21. The first-order chi connectivity index (χ1) is 11.3. The minimum Gasteiger partial charge on any atom is -0.377 e. The third-order valence-corrected chi connectivity index (χ3v) is 6.34. The number of aryl methyl sites for hydroxylation is 2. The highest BCUT2D eigenvalue weighted by molar-refractivity contribution is 7.84. The molecule has 0 bridgehead atoms. The van der Waals surface area contributed by atoms with Crippen molar-refractivity contribution in [1.82, 2.24) is 4.98 Å². The lowest BCUT2D eigenvalue weighted by molar-refractivity contribution is 0.0310. The molecule has 0 radical (unpaired) electrons. The van der Waals surface area contributed by atoms with Gasteiger partial charge in [-0.2, -0.15) is 0 Å². The molecule has 0 unspecified atom stereocenters. The highest BCUT2D eigenvalue weighted by atomic mass is 32.2. The maximum Gasteiger partial charge on any atom is 0.0931 e. The SMILES string of the molecule is O=[S@](Cc1csc(CCc2ccccc2)n1)C[C@@H]1CCCCO1. The average Bonchev–Trinajstić information content (AvgIpc) is 3.02. The van der Waals surface area contributed by atoms with E-state index in [9.17, 15) is 4.21 Å². The summed E-state index contributed by atoms with van der Waals surface area (Å²) in [5, 5.41) is 3.19. The molecule has 0 N–H and O–H groups in total. The van der Waals surface area contributed by atoms with Crippen LogP contribution in [0.2, 0.25) is 0 Å². The summed E-state index contributed by atoms with van der Waals surface area (Å²) in [6, 6.07) is 10.5. The Labute approximate surface area is 144 Å². The second-order valence-corrected chi connectivity index (χ2v) is 8.40. The van der Waals surface area contributed by atoms with Crippen LogP contribution in [0.3, 0.4) is 0 Å². The van der Waals surface area contributed by atoms with Crippen molar-refractivity contribution in [3.8, 4) is 0 Å². The Morgan fingerprint density at radius 3 is 2.87 bits per heavy atom. The number of aromatic nitrogens is 1. The first-order valence-corrected chi connectivity index (χ1v) is 10.6. The number of hydrogen-bond donors (Lipinski definition) is 0. The van der Waals surface area contributed by atoms with Crippen molar-refractivity contribution < 1.29 is 8.95 Å². The Morgan fingerprint density at radius 1 is 1.22 bits per heavy atom. The van der Waals surface area contributed by atoms with Gasteiger partial charge in [-0.1, -0.05) is 30.3 Å². The Balaban J connectivity index is 1.45. The Hall–Kier alpha value is -1.04. The molecular weight excluding hydrogens is 326 g/mol. The number of ether oxygens (including phenoxy) is 1. The third-order valence-electron chi connectivity index (χ3n) is 4.02. The zero-order valence-electron chi connectivity index (χ0n) is 13.3. The Morgan fingerprint density at radius 2 is 2.09 bits per heavy atom. The van der Waals surface area contributed by atoms with E-state index >= 15 is 0 Å². The van der Waals surface area contributed by atoms with Gasteiger partial charge in [-0.05, 0) is 31.2 Å². The van der Waals surface area contributed by atoms with Crippen molar-refractivity contribution in [3.05, 3.63) is 52.0 Å². The predicted octanol–water partition coefficient (Wildman–Crippen LogP) is 3.75. The van der Waals surface area contributed by atoms with Crippen LogP contribution in [0.4, 0.5) is 0 Å². The van der Waals surface area contributed by atoms with Crippen molar-refractivity contribution in [2.24, 2.45) is 0 Å². The van der Waals surface area contributed by atoms with Crippen LogP contribution in [0, 0.1) is 0 Å². The van der Waals surface area contributed by atoms with Crippen molar-refractivity contribution in [3.63, 3.8) is 0 Å². The zero-order chi connectivity index (χ0) is 15.9. The van der Waals surface area contributed by atoms with Crippen LogP contribution >= 0.6 is 11.3 Å². The van der Waals surface area contributed by atoms with Crippen molar-refractivity contribution in [2.75, 3.05) is 12.4 Å². The molecule has 2 aromatic rings. The van der Waals surface area contributed by atoms with E-state index in [-0.39, 0.29) is 6.10 Å². The van der Waals surface area contributed by atoms with Crippen LogP contribution in [0.1, 0.15) is 35.5 Å². The van der Waals surface area contributed by atoms with E-state index in [2.05, 4.69) is 34.6 Å². The van der Waals surface area contributed by atoms with Gasteiger partial charge in [0, 0.05) is 29.2 Å². The van der Waals surface area contributed by atoms with Crippen molar-refractivity contribution in [2.45, 2.75) is 44.0 Å². The number of rotatable bonds is 7. The standard InChI is InChI=1S/C18H23NO2S2/c20-23(14-17-8-4-5-11-21-17)13-16-12-22-18(19-16)10-9-15-6-2-1-3-7-15/h1-3,6-7,12,17H,4-5,8-11,13-14H2/t17-,23+/m0/s1. The summed E-state index contributed by atoms with van der Waals surface area (Å²) in [5.74, 6) is 1.21. The second kappa shape index (κ2) is 8.71. The van der Waals surface area contributed by atoms with Gasteiger partial charge in [-0.15, -0.1) is 11.3 Å². The van der Waals surface area contributed by atoms with Gasteiger partial charge in [-0.3, -0.25) is 4.21 Å². The minimum atomic E-state index is -0.876. The summed E-state index contributed by atoms with van der Waals surface area (Å²) in [4.78, 5) is 4.64. The molecule has 0 saturated carbocycles. The summed E-state index contributed by atoms with van der Waals surface area (Å²) in [7, 11) is -0.876. The highest BCUT2D eigenvalue weighted by Gasteiger charge is 2.17. The van der Waals surface area contributed by atoms with Crippen LogP contribution in [-0.2, 0) is 34.1 Å². The molecule has 5 heteroatoms. The van der Waals surface area contributed by atoms with Crippen LogP contribution in [0.25, 0.3) is 0 Å². The minimum absolute atomic E-state index is 0.181. The van der Waals surface area contributed by atoms with E-state index in [1.807, 2.05) is 6.07 Å². The lowest BCUT2D eigenvalue weighted by Crippen LogP contribution is -2.25. The molecule has 1 aliphatic rings. The largest absolute Gasteiger partial charge is 0.377 e. The maximum atomic E-state index is 12.3. The van der Waals surface area contributed by atoms with Gasteiger partial charge in [0.05, 0.1) is 28.3 Å². The van der Waals surface area contributed by atoms with E-state index in [1.54, 1.807) is 11.3 Å². The lowest BCUT2D eigenvalue weighted by atomic mass is 10.1. The Bertz CT molecular complexity index is 621. The van der Waals surface area contributed by atoms with Gasteiger partial charge in [0.1, 0.15) is 0 Å². The second-order valence-electron chi connectivity index (χ2n) is 5.96. The topological polar surface area (TPSA) is 39.2 Å². The van der Waals surface area contributed by atoms with Gasteiger partial charge in [0.25, 0.3) is 0 Å². The smallest absolute Gasteiger partial charge is 0.0931 e. The molecule has 1 aromatic heterocycles. The van der Waals surface area contributed by atoms with E-state index in [1.165, 1.54) is 12.0 Å². The number of nitrogens with zero attached hydrogens (tertiary/aromatic N) is 1. The predicted molar refractivity (Wildman–Crippen MR) is 96.3 cm³/mol. The van der Waals surface area contributed by atoms with E-state index in [4.69, 9.17) is 4.74 Å². The average molecular weight is 350 g/mol. The zero-order valence-corrected chi connectivity index (χ0v) is 14.9. The summed E-state index contributed by atoms with van der Waals surface area (Å²) < 4.78 is 17.9. The maximum absolute atomic E-state index is 12.3. The van der Waals surface area contributed by atoms with Gasteiger partial charge in [-0.25, -0.2) is 4.98 Å². The molecule has 2 atom stereocenters.